The van der Waals surface area contributed by atoms with Gasteiger partial charge in [-0.25, -0.2) is 9.97 Å². The van der Waals surface area contributed by atoms with Crippen molar-refractivity contribution in [2.75, 3.05) is 5.32 Å². The fraction of sp³-hybridized carbons (Fsp3) is 0.182. The van der Waals surface area contributed by atoms with Crippen LogP contribution >= 0.6 is 22.9 Å². The summed E-state index contributed by atoms with van der Waals surface area (Å²) in [5.74, 6) is 1.13. The molecule has 0 unspecified atom stereocenters. The minimum atomic E-state index is 0.449. The molecule has 2 aromatic heterocycles. The number of alkyl halides is 1. The van der Waals surface area contributed by atoms with Crippen LogP contribution in [0.15, 0.2) is 18.5 Å². The molecule has 0 saturated heterocycles. The van der Waals surface area contributed by atoms with Gasteiger partial charge in [0.25, 0.3) is 0 Å². The highest BCUT2D eigenvalue weighted by Gasteiger charge is 2.04. The largest absolute Gasteiger partial charge is 0.316 e. The minimum Gasteiger partial charge on any atom is -0.316 e. The van der Waals surface area contributed by atoms with Crippen molar-refractivity contribution >= 4 is 33.9 Å². The molecule has 0 saturated carbocycles. The van der Waals surface area contributed by atoms with Crippen LogP contribution in [-0.2, 0) is 5.88 Å². The second-order valence-corrected chi connectivity index (χ2v) is 4.69. The first-order chi connectivity index (χ1) is 8.22. The molecule has 0 atom stereocenters. The molecule has 2 aromatic rings. The number of hydrogen-bond acceptors (Lipinski definition) is 5. The SMILES string of the molecule is Cc1cnc(Nc2ncc(C#N)s2)cc1CCl. The van der Waals surface area contributed by atoms with Gasteiger partial charge in [0.1, 0.15) is 16.8 Å². The minimum absolute atomic E-state index is 0.449. The first kappa shape index (κ1) is 11.8. The van der Waals surface area contributed by atoms with Crippen LogP contribution in [0.1, 0.15) is 16.0 Å². The first-order valence-electron chi connectivity index (χ1n) is 4.87. The van der Waals surface area contributed by atoms with Crippen LogP contribution in [0.3, 0.4) is 0 Å². The fourth-order valence-corrected chi connectivity index (χ4v) is 2.18. The Hall–Kier alpha value is -1.64. The number of nitrogens with one attached hydrogen (secondary N) is 1. The lowest BCUT2D eigenvalue weighted by molar-refractivity contribution is 1.19. The first-order valence-corrected chi connectivity index (χ1v) is 6.22. The molecule has 0 aromatic carbocycles. The third-order valence-corrected chi connectivity index (χ3v) is 3.31. The van der Waals surface area contributed by atoms with Crippen LogP contribution in [0.2, 0.25) is 0 Å². The third-order valence-electron chi connectivity index (χ3n) is 2.21. The van der Waals surface area contributed by atoms with E-state index in [1.165, 1.54) is 17.5 Å². The Morgan fingerprint density at radius 1 is 1.47 bits per heavy atom. The number of aromatic nitrogens is 2. The number of nitriles is 1. The van der Waals surface area contributed by atoms with Crippen molar-refractivity contribution in [1.82, 2.24) is 9.97 Å². The number of anilines is 2. The van der Waals surface area contributed by atoms with Gasteiger partial charge in [-0.15, -0.1) is 11.6 Å². The number of halogens is 1. The molecule has 0 aliphatic rings. The van der Waals surface area contributed by atoms with E-state index < -0.39 is 0 Å². The molecule has 2 rings (SSSR count). The second-order valence-electron chi connectivity index (χ2n) is 3.40. The zero-order valence-electron chi connectivity index (χ0n) is 9.07. The van der Waals surface area contributed by atoms with E-state index in [2.05, 4.69) is 15.3 Å². The lowest BCUT2D eigenvalue weighted by Crippen LogP contribution is -1.95. The molecule has 0 radical (unpaired) electrons. The topological polar surface area (TPSA) is 61.6 Å². The Bertz CT molecular complexity index is 573. The Kier molecular flexibility index (Phi) is 3.57. The monoisotopic (exact) mass is 264 g/mol. The van der Waals surface area contributed by atoms with Gasteiger partial charge >= 0.3 is 0 Å². The Morgan fingerprint density at radius 2 is 2.29 bits per heavy atom. The van der Waals surface area contributed by atoms with Crippen molar-refractivity contribution in [2.24, 2.45) is 0 Å². The van der Waals surface area contributed by atoms with Crippen molar-refractivity contribution in [3.8, 4) is 6.07 Å². The molecule has 4 nitrogen and oxygen atoms in total. The number of thiazole rings is 1. The predicted molar refractivity (Wildman–Crippen MR) is 68.6 cm³/mol. The standard InChI is InChI=1S/C11H9ClN4S/c1-7-5-14-10(2-8(7)3-12)16-11-15-6-9(4-13)17-11/h2,5-6H,3H2,1H3,(H,14,15,16). The summed E-state index contributed by atoms with van der Waals surface area (Å²) in [7, 11) is 0. The van der Waals surface area contributed by atoms with Gasteiger partial charge < -0.3 is 5.32 Å². The summed E-state index contributed by atoms with van der Waals surface area (Å²) in [5.41, 5.74) is 2.09. The van der Waals surface area contributed by atoms with Crippen LogP contribution in [0.25, 0.3) is 0 Å². The average molecular weight is 265 g/mol. The molecule has 86 valence electrons. The van der Waals surface area contributed by atoms with Gasteiger partial charge in [-0.1, -0.05) is 11.3 Å². The highest BCUT2D eigenvalue weighted by Crippen LogP contribution is 2.22. The summed E-state index contributed by atoms with van der Waals surface area (Å²) in [6.45, 7) is 1.96. The molecule has 0 fully saturated rings. The summed E-state index contributed by atoms with van der Waals surface area (Å²) in [4.78, 5) is 8.87. The maximum atomic E-state index is 8.70. The molecule has 2 heterocycles. The van der Waals surface area contributed by atoms with E-state index in [4.69, 9.17) is 16.9 Å². The number of pyridine rings is 1. The van der Waals surface area contributed by atoms with Gasteiger partial charge in [0.15, 0.2) is 5.13 Å². The number of aryl methyl sites for hydroxylation is 1. The number of rotatable bonds is 3. The summed E-state index contributed by atoms with van der Waals surface area (Å²) in [6.07, 6.45) is 3.29. The van der Waals surface area contributed by atoms with Gasteiger partial charge in [-0.3, -0.25) is 0 Å². The quantitative estimate of drug-likeness (QED) is 0.865. The van der Waals surface area contributed by atoms with Gasteiger partial charge in [0, 0.05) is 12.1 Å². The second kappa shape index (κ2) is 5.13. The van der Waals surface area contributed by atoms with E-state index in [9.17, 15) is 0 Å². The molecule has 1 N–H and O–H groups in total. The number of hydrogen-bond donors (Lipinski definition) is 1. The summed E-state index contributed by atoms with van der Waals surface area (Å²) in [6, 6.07) is 3.92. The Balaban J connectivity index is 2.21. The molecular formula is C11H9ClN4S. The molecule has 0 amide bonds. The molecular weight excluding hydrogens is 256 g/mol. The zero-order valence-corrected chi connectivity index (χ0v) is 10.6. The van der Waals surface area contributed by atoms with Crippen LogP contribution in [0, 0.1) is 18.3 Å². The maximum absolute atomic E-state index is 8.70. The van der Waals surface area contributed by atoms with E-state index in [0.29, 0.717) is 21.7 Å². The van der Waals surface area contributed by atoms with E-state index >= 15 is 0 Å². The molecule has 0 bridgehead atoms. The van der Waals surface area contributed by atoms with Gasteiger partial charge in [0.2, 0.25) is 0 Å². The van der Waals surface area contributed by atoms with E-state index in [0.717, 1.165) is 11.1 Å². The molecule has 0 aliphatic carbocycles. The lowest BCUT2D eigenvalue weighted by atomic mass is 10.2. The van der Waals surface area contributed by atoms with E-state index in [-0.39, 0.29) is 0 Å². The average Bonchev–Trinajstić information content (AvgIpc) is 2.79. The third kappa shape index (κ3) is 2.73. The van der Waals surface area contributed by atoms with Crippen molar-refractivity contribution in [1.29, 1.82) is 5.26 Å². The maximum Gasteiger partial charge on any atom is 0.189 e. The van der Waals surface area contributed by atoms with Crippen molar-refractivity contribution < 1.29 is 0 Å². The van der Waals surface area contributed by atoms with Crippen LogP contribution in [0.4, 0.5) is 10.9 Å². The Labute approximate surface area is 108 Å². The van der Waals surface area contributed by atoms with Crippen molar-refractivity contribution in [2.45, 2.75) is 12.8 Å². The predicted octanol–water partition coefficient (Wildman–Crippen LogP) is 3.20. The van der Waals surface area contributed by atoms with Crippen LogP contribution in [-0.4, -0.2) is 9.97 Å². The van der Waals surface area contributed by atoms with E-state index in [1.807, 2.05) is 19.1 Å². The van der Waals surface area contributed by atoms with Crippen molar-refractivity contribution in [3.05, 3.63) is 34.5 Å². The fourth-order valence-electron chi connectivity index (χ4n) is 1.27. The van der Waals surface area contributed by atoms with Gasteiger partial charge in [-0.05, 0) is 24.1 Å². The van der Waals surface area contributed by atoms with E-state index in [1.54, 1.807) is 6.20 Å². The smallest absolute Gasteiger partial charge is 0.189 e. The van der Waals surface area contributed by atoms with Gasteiger partial charge in [-0.2, -0.15) is 5.26 Å². The molecule has 17 heavy (non-hydrogen) atoms. The van der Waals surface area contributed by atoms with Crippen LogP contribution in [0.5, 0.6) is 0 Å². The normalized spacial score (nSPS) is 9.94. The summed E-state index contributed by atoms with van der Waals surface area (Å²) >= 11 is 7.11. The summed E-state index contributed by atoms with van der Waals surface area (Å²) in [5, 5.41) is 12.4. The number of nitrogens with zero attached hydrogens (tertiary/aromatic N) is 3. The lowest BCUT2D eigenvalue weighted by Gasteiger charge is -2.05. The van der Waals surface area contributed by atoms with Crippen LogP contribution < -0.4 is 5.32 Å². The molecule has 6 heteroatoms. The summed E-state index contributed by atoms with van der Waals surface area (Å²) < 4.78 is 0. The Morgan fingerprint density at radius 3 is 2.94 bits per heavy atom. The molecule has 0 aliphatic heterocycles. The molecule has 0 spiro atoms. The van der Waals surface area contributed by atoms with Gasteiger partial charge in [0.05, 0.1) is 6.20 Å². The highest BCUT2D eigenvalue weighted by molar-refractivity contribution is 7.16. The highest BCUT2D eigenvalue weighted by atomic mass is 35.5. The van der Waals surface area contributed by atoms with Crippen molar-refractivity contribution in [3.63, 3.8) is 0 Å². The zero-order chi connectivity index (χ0) is 12.3.